The summed E-state index contributed by atoms with van der Waals surface area (Å²) in [6, 6.07) is 1.66. The Kier molecular flexibility index (Phi) is 3.66. The summed E-state index contributed by atoms with van der Waals surface area (Å²) in [6.45, 7) is 3.56. The van der Waals surface area contributed by atoms with E-state index in [0.29, 0.717) is 16.7 Å². The van der Waals surface area contributed by atoms with Crippen LogP contribution in [0, 0.1) is 6.92 Å². The summed E-state index contributed by atoms with van der Waals surface area (Å²) in [7, 11) is 1.83. The SMILES string of the molecule is Cc1cc(NC(=O)[C@@H](C)Sc2nncn2C)no1. The van der Waals surface area contributed by atoms with Gasteiger partial charge < -0.3 is 14.4 Å². The number of hydrogen-bond acceptors (Lipinski definition) is 6. The summed E-state index contributed by atoms with van der Waals surface area (Å²) in [5, 5.41) is 14.4. The molecule has 0 aromatic carbocycles. The number of amides is 1. The predicted molar refractivity (Wildman–Crippen MR) is 66.2 cm³/mol. The molecule has 7 nitrogen and oxygen atoms in total. The lowest BCUT2D eigenvalue weighted by atomic mass is 10.4. The molecule has 0 saturated heterocycles. The van der Waals surface area contributed by atoms with Crippen LogP contribution in [0.25, 0.3) is 0 Å². The zero-order chi connectivity index (χ0) is 13.1. The van der Waals surface area contributed by atoms with Crippen LogP contribution in [0.2, 0.25) is 0 Å². The maximum absolute atomic E-state index is 11.9. The van der Waals surface area contributed by atoms with Crippen molar-refractivity contribution in [2.75, 3.05) is 5.32 Å². The van der Waals surface area contributed by atoms with Gasteiger partial charge in [-0.05, 0) is 13.8 Å². The fraction of sp³-hybridized carbons (Fsp3) is 0.400. The molecule has 2 heterocycles. The van der Waals surface area contributed by atoms with Gasteiger partial charge in [-0.15, -0.1) is 10.2 Å². The van der Waals surface area contributed by atoms with Gasteiger partial charge in [0.15, 0.2) is 11.0 Å². The van der Waals surface area contributed by atoms with Crippen LogP contribution in [-0.4, -0.2) is 31.1 Å². The first-order valence-corrected chi connectivity index (χ1v) is 6.19. The van der Waals surface area contributed by atoms with Gasteiger partial charge in [0.25, 0.3) is 0 Å². The number of hydrogen-bond donors (Lipinski definition) is 1. The van der Waals surface area contributed by atoms with Crippen LogP contribution in [0.3, 0.4) is 0 Å². The Morgan fingerprint density at radius 1 is 1.61 bits per heavy atom. The quantitative estimate of drug-likeness (QED) is 0.838. The van der Waals surface area contributed by atoms with E-state index in [4.69, 9.17) is 4.52 Å². The summed E-state index contributed by atoms with van der Waals surface area (Å²) < 4.78 is 6.63. The van der Waals surface area contributed by atoms with E-state index in [1.54, 1.807) is 30.8 Å². The van der Waals surface area contributed by atoms with Crippen molar-refractivity contribution in [3.8, 4) is 0 Å². The lowest BCUT2D eigenvalue weighted by Gasteiger charge is -2.08. The van der Waals surface area contributed by atoms with Gasteiger partial charge in [0, 0.05) is 13.1 Å². The number of nitrogens with one attached hydrogen (secondary N) is 1. The highest BCUT2D eigenvalue weighted by atomic mass is 32.2. The van der Waals surface area contributed by atoms with Gasteiger partial charge in [0.1, 0.15) is 12.1 Å². The Bertz CT molecular complexity index is 550. The Labute approximate surface area is 108 Å². The molecule has 8 heteroatoms. The van der Waals surface area contributed by atoms with Crippen LogP contribution >= 0.6 is 11.8 Å². The molecule has 0 unspecified atom stereocenters. The molecule has 0 aliphatic carbocycles. The average molecular weight is 267 g/mol. The van der Waals surface area contributed by atoms with E-state index in [9.17, 15) is 4.79 Å². The van der Waals surface area contributed by atoms with Gasteiger partial charge in [-0.1, -0.05) is 16.9 Å². The van der Waals surface area contributed by atoms with E-state index in [1.165, 1.54) is 11.8 Å². The van der Waals surface area contributed by atoms with Crippen molar-refractivity contribution in [3.63, 3.8) is 0 Å². The highest BCUT2D eigenvalue weighted by Gasteiger charge is 2.18. The van der Waals surface area contributed by atoms with Crippen molar-refractivity contribution in [1.82, 2.24) is 19.9 Å². The second kappa shape index (κ2) is 5.21. The number of rotatable bonds is 4. The summed E-state index contributed by atoms with van der Waals surface area (Å²) in [4.78, 5) is 11.9. The van der Waals surface area contributed by atoms with Crippen molar-refractivity contribution in [2.45, 2.75) is 24.3 Å². The van der Waals surface area contributed by atoms with Crippen molar-refractivity contribution < 1.29 is 9.32 Å². The second-order valence-electron chi connectivity index (χ2n) is 3.80. The maximum atomic E-state index is 11.9. The third-order valence-corrected chi connectivity index (χ3v) is 3.35. The topological polar surface area (TPSA) is 85.8 Å². The molecule has 2 rings (SSSR count). The van der Waals surface area contributed by atoms with Gasteiger partial charge in [-0.3, -0.25) is 4.79 Å². The Balaban J connectivity index is 1.95. The monoisotopic (exact) mass is 267 g/mol. The van der Waals surface area contributed by atoms with Crippen LogP contribution in [0.4, 0.5) is 5.82 Å². The first kappa shape index (κ1) is 12.6. The van der Waals surface area contributed by atoms with Crippen LogP contribution in [0.15, 0.2) is 22.1 Å². The molecular weight excluding hydrogens is 254 g/mol. The number of aromatic nitrogens is 4. The number of carbonyl (C=O) groups excluding carboxylic acids is 1. The number of carbonyl (C=O) groups is 1. The number of aryl methyl sites for hydroxylation is 2. The molecule has 0 aliphatic rings. The predicted octanol–water partition coefficient (Wildman–Crippen LogP) is 1.23. The largest absolute Gasteiger partial charge is 0.360 e. The van der Waals surface area contributed by atoms with E-state index in [2.05, 4.69) is 20.7 Å². The van der Waals surface area contributed by atoms with E-state index in [1.807, 2.05) is 7.05 Å². The molecule has 0 saturated carbocycles. The molecule has 1 N–H and O–H groups in total. The van der Waals surface area contributed by atoms with Gasteiger partial charge >= 0.3 is 0 Å². The number of thioether (sulfide) groups is 1. The average Bonchev–Trinajstić information content (AvgIpc) is 2.89. The molecule has 18 heavy (non-hydrogen) atoms. The highest BCUT2D eigenvalue weighted by Crippen LogP contribution is 2.21. The molecule has 0 radical (unpaired) electrons. The molecular formula is C10H13N5O2S. The zero-order valence-corrected chi connectivity index (χ0v) is 11.1. The molecule has 0 aliphatic heterocycles. The molecule has 1 amide bonds. The minimum Gasteiger partial charge on any atom is -0.360 e. The number of anilines is 1. The van der Waals surface area contributed by atoms with Crippen molar-refractivity contribution in [1.29, 1.82) is 0 Å². The summed E-state index contributed by atoms with van der Waals surface area (Å²) in [6.07, 6.45) is 1.59. The lowest BCUT2D eigenvalue weighted by Crippen LogP contribution is -2.22. The minimum absolute atomic E-state index is 0.156. The van der Waals surface area contributed by atoms with E-state index in [0.717, 1.165) is 0 Å². The third kappa shape index (κ3) is 2.89. The van der Waals surface area contributed by atoms with Gasteiger partial charge in [-0.2, -0.15) is 0 Å². The van der Waals surface area contributed by atoms with Crippen LogP contribution in [0.5, 0.6) is 0 Å². The zero-order valence-electron chi connectivity index (χ0n) is 10.2. The Morgan fingerprint density at radius 3 is 2.94 bits per heavy atom. The van der Waals surface area contributed by atoms with E-state index >= 15 is 0 Å². The Morgan fingerprint density at radius 2 is 2.39 bits per heavy atom. The third-order valence-electron chi connectivity index (χ3n) is 2.20. The first-order valence-electron chi connectivity index (χ1n) is 5.31. The van der Waals surface area contributed by atoms with Gasteiger partial charge in [0.05, 0.1) is 5.25 Å². The van der Waals surface area contributed by atoms with Crippen LogP contribution < -0.4 is 5.32 Å². The van der Waals surface area contributed by atoms with E-state index < -0.39 is 0 Å². The molecule has 96 valence electrons. The Hall–Kier alpha value is -1.83. The molecule has 1 atom stereocenters. The fourth-order valence-corrected chi connectivity index (χ4v) is 2.03. The molecule has 2 aromatic rings. The fourth-order valence-electron chi connectivity index (χ4n) is 1.24. The normalized spacial score (nSPS) is 12.4. The maximum Gasteiger partial charge on any atom is 0.238 e. The van der Waals surface area contributed by atoms with E-state index in [-0.39, 0.29) is 11.2 Å². The van der Waals surface area contributed by atoms with Gasteiger partial charge in [-0.25, -0.2) is 0 Å². The van der Waals surface area contributed by atoms with Gasteiger partial charge in [0.2, 0.25) is 5.91 Å². The molecule has 0 fully saturated rings. The molecule has 0 bridgehead atoms. The first-order chi connectivity index (χ1) is 8.56. The summed E-state index contributed by atoms with van der Waals surface area (Å²) in [5.74, 6) is 0.915. The standard InChI is InChI=1S/C10H13N5O2S/c1-6-4-8(14-17-6)12-9(16)7(2)18-10-13-11-5-15(10)3/h4-5,7H,1-3H3,(H,12,14,16)/t7-/m1/s1. The van der Waals surface area contributed by atoms with Crippen molar-refractivity contribution in [2.24, 2.45) is 7.05 Å². The molecule has 2 aromatic heterocycles. The number of nitrogens with zero attached hydrogens (tertiary/aromatic N) is 4. The summed E-state index contributed by atoms with van der Waals surface area (Å²) >= 11 is 1.33. The highest BCUT2D eigenvalue weighted by molar-refractivity contribution is 8.00. The summed E-state index contributed by atoms with van der Waals surface area (Å²) in [5.41, 5.74) is 0. The van der Waals surface area contributed by atoms with Crippen molar-refractivity contribution >= 4 is 23.5 Å². The second-order valence-corrected chi connectivity index (χ2v) is 5.10. The molecule has 0 spiro atoms. The smallest absolute Gasteiger partial charge is 0.238 e. The van der Waals surface area contributed by atoms with Crippen LogP contribution in [0.1, 0.15) is 12.7 Å². The van der Waals surface area contributed by atoms with Crippen molar-refractivity contribution in [3.05, 3.63) is 18.2 Å². The minimum atomic E-state index is -0.301. The lowest BCUT2D eigenvalue weighted by molar-refractivity contribution is -0.115. The van der Waals surface area contributed by atoms with Crippen LogP contribution in [-0.2, 0) is 11.8 Å².